The highest BCUT2D eigenvalue weighted by molar-refractivity contribution is 7.79. The minimum absolute atomic E-state index is 0.176. The van der Waals surface area contributed by atoms with Gasteiger partial charge in [-0.3, -0.25) is 0 Å². The van der Waals surface area contributed by atoms with Crippen LogP contribution in [0.5, 0.6) is 5.75 Å². The van der Waals surface area contributed by atoms with Gasteiger partial charge in [0, 0.05) is 5.75 Å². The van der Waals surface area contributed by atoms with Crippen molar-refractivity contribution in [3.8, 4) is 5.75 Å². The maximum atomic E-state index is 11.7. The van der Waals surface area contributed by atoms with Crippen LogP contribution >= 0.6 is 12.6 Å². The van der Waals surface area contributed by atoms with Crippen molar-refractivity contribution in [2.45, 2.75) is 12.4 Å². The van der Waals surface area contributed by atoms with Crippen molar-refractivity contribution >= 4 is 12.6 Å². The molecule has 0 aromatic heterocycles. The van der Waals surface area contributed by atoms with E-state index in [1.54, 1.807) is 12.1 Å². The maximum Gasteiger partial charge on any atom is 0.387 e. The van der Waals surface area contributed by atoms with E-state index in [2.05, 4.69) is 17.4 Å². The fourth-order valence-corrected chi connectivity index (χ4v) is 0.987. The number of alkyl halides is 2. The third kappa shape index (κ3) is 2.70. The van der Waals surface area contributed by atoms with Crippen molar-refractivity contribution < 1.29 is 13.5 Å². The number of benzene rings is 1. The average molecular weight is 190 g/mol. The Bertz CT molecular complexity index is 235. The van der Waals surface area contributed by atoms with E-state index in [0.717, 1.165) is 5.56 Å². The fourth-order valence-electron chi connectivity index (χ4n) is 0.776. The van der Waals surface area contributed by atoms with E-state index < -0.39 is 6.61 Å². The predicted molar refractivity (Wildman–Crippen MR) is 45.8 cm³/mol. The van der Waals surface area contributed by atoms with E-state index in [0.29, 0.717) is 5.75 Å². The van der Waals surface area contributed by atoms with Gasteiger partial charge in [-0.15, -0.1) is 0 Å². The smallest absolute Gasteiger partial charge is 0.387 e. The molecule has 0 N–H and O–H groups in total. The summed E-state index contributed by atoms with van der Waals surface area (Å²) in [6, 6.07) is 6.39. The number of hydrogen-bond donors (Lipinski definition) is 1. The summed E-state index contributed by atoms with van der Waals surface area (Å²) in [7, 11) is 0. The van der Waals surface area contributed by atoms with Crippen LogP contribution in [0.4, 0.5) is 8.78 Å². The lowest BCUT2D eigenvalue weighted by Gasteiger charge is -2.03. The molecule has 1 nitrogen and oxygen atoms in total. The Morgan fingerprint density at radius 3 is 2.25 bits per heavy atom. The van der Waals surface area contributed by atoms with Gasteiger partial charge in [-0.1, -0.05) is 12.1 Å². The Kier molecular flexibility index (Phi) is 3.34. The van der Waals surface area contributed by atoms with E-state index >= 15 is 0 Å². The van der Waals surface area contributed by atoms with Gasteiger partial charge in [-0.05, 0) is 17.7 Å². The third-order valence-electron chi connectivity index (χ3n) is 1.33. The first-order valence-electron chi connectivity index (χ1n) is 3.37. The number of rotatable bonds is 3. The first-order valence-corrected chi connectivity index (χ1v) is 4.00. The SMILES string of the molecule is FC(F)Oc1ccc(CS)cc1. The largest absolute Gasteiger partial charge is 0.435 e. The van der Waals surface area contributed by atoms with Crippen LogP contribution in [0.2, 0.25) is 0 Å². The van der Waals surface area contributed by atoms with Gasteiger partial charge < -0.3 is 4.74 Å². The average Bonchev–Trinajstić information content (AvgIpc) is 2.05. The van der Waals surface area contributed by atoms with Crippen molar-refractivity contribution in [2.75, 3.05) is 0 Å². The minimum Gasteiger partial charge on any atom is -0.435 e. The van der Waals surface area contributed by atoms with Crippen LogP contribution in [0, 0.1) is 0 Å². The standard InChI is InChI=1S/C8H8F2OS/c9-8(10)11-7-3-1-6(5-12)2-4-7/h1-4,8,12H,5H2. The molecule has 0 unspecified atom stereocenters. The lowest BCUT2D eigenvalue weighted by atomic mass is 10.2. The van der Waals surface area contributed by atoms with Crippen LogP contribution in [0.3, 0.4) is 0 Å². The molecule has 4 heteroatoms. The van der Waals surface area contributed by atoms with Crippen LogP contribution in [0.15, 0.2) is 24.3 Å². The third-order valence-corrected chi connectivity index (χ3v) is 1.70. The van der Waals surface area contributed by atoms with Crippen LogP contribution in [-0.4, -0.2) is 6.61 Å². The number of thiol groups is 1. The van der Waals surface area contributed by atoms with Gasteiger partial charge in [-0.2, -0.15) is 21.4 Å². The monoisotopic (exact) mass is 190 g/mol. The molecule has 66 valence electrons. The molecule has 0 fully saturated rings. The summed E-state index contributed by atoms with van der Waals surface area (Å²) in [5, 5.41) is 0. The van der Waals surface area contributed by atoms with Gasteiger partial charge in [0.1, 0.15) is 5.75 Å². The Labute approximate surface area is 74.8 Å². The van der Waals surface area contributed by atoms with Gasteiger partial charge >= 0.3 is 6.61 Å². The molecule has 0 saturated heterocycles. The summed E-state index contributed by atoms with van der Waals surface area (Å²) >= 11 is 4.03. The molecular weight excluding hydrogens is 182 g/mol. The molecule has 0 atom stereocenters. The van der Waals surface area contributed by atoms with Crippen molar-refractivity contribution in [2.24, 2.45) is 0 Å². The normalized spacial score (nSPS) is 10.3. The number of hydrogen-bond acceptors (Lipinski definition) is 2. The van der Waals surface area contributed by atoms with Crippen molar-refractivity contribution in [3.63, 3.8) is 0 Å². The second-order valence-corrected chi connectivity index (χ2v) is 2.50. The van der Waals surface area contributed by atoms with Crippen molar-refractivity contribution in [3.05, 3.63) is 29.8 Å². The summed E-state index contributed by atoms with van der Waals surface area (Å²) in [5.41, 5.74) is 0.972. The van der Waals surface area contributed by atoms with E-state index in [-0.39, 0.29) is 5.75 Å². The molecule has 0 heterocycles. The molecule has 0 aliphatic carbocycles. The Morgan fingerprint density at radius 1 is 1.25 bits per heavy atom. The second kappa shape index (κ2) is 4.30. The van der Waals surface area contributed by atoms with E-state index in [4.69, 9.17) is 0 Å². The molecule has 0 saturated carbocycles. The molecule has 0 spiro atoms. The van der Waals surface area contributed by atoms with Gasteiger partial charge in [0.05, 0.1) is 0 Å². The molecular formula is C8H8F2OS. The van der Waals surface area contributed by atoms with E-state index in [1.165, 1.54) is 12.1 Å². The summed E-state index contributed by atoms with van der Waals surface area (Å²) in [6.45, 7) is -2.76. The highest BCUT2D eigenvalue weighted by Gasteiger charge is 2.02. The van der Waals surface area contributed by atoms with E-state index in [1.807, 2.05) is 0 Å². The summed E-state index contributed by atoms with van der Waals surface area (Å²) < 4.78 is 27.5. The molecule has 1 rings (SSSR count). The fraction of sp³-hybridized carbons (Fsp3) is 0.250. The molecule has 0 aliphatic rings. The maximum absolute atomic E-state index is 11.7. The van der Waals surface area contributed by atoms with Crippen LogP contribution in [0.25, 0.3) is 0 Å². The van der Waals surface area contributed by atoms with Gasteiger partial charge in [-0.25, -0.2) is 0 Å². The van der Waals surface area contributed by atoms with Gasteiger partial charge in [0.2, 0.25) is 0 Å². The Hall–Kier alpha value is -0.770. The van der Waals surface area contributed by atoms with Crippen molar-refractivity contribution in [1.82, 2.24) is 0 Å². The topological polar surface area (TPSA) is 9.23 Å². The molecule has 12 heavy (non-hydrogen) atoms. The zero-order chi connectivity index (χ0) is 8.97. The number of halogens is 2. The van der Waals surface area contributed by atoms with Crippen LogP contribution in [0.1, 0.15) is 5.56 Å². The molecule has 0 radical (unpaired) electrons. The minimum atomic E-state index is -2.76. The lowest BCUT2D eigenvalue weighted by Crippen LogP contribution is -2.01. The lowest BCUT2D eigenvalue weighted by molar-refractivity contribution is -0.0498. The molecule has 0 aliphatic heterocycles. The quantitative estimate of drug-likeness (QED) is 0.721. The predicted octanol–water partition coefficient (Wildman–Crippen LogP) is 2.72. The van der Waals surface area contributed by atoms with Gasteiger partial charge in [0.25, 0.3) is 0 Å². The highest BCUT2D eigenvalue weighted by Crippen LogP contribution is 2.15. The molecule has 0 bridgehead atoms. The zero-order valence-corrected chi connectivity index (χ0v) is 7.10. The first kappa shape index (κ1) is 9.32. The number of ether oxygens (including phenoxy) is 1. The molecule has 0 amide bonds. The van der Waals surface area contributed by atoms with Crippen LogP contribution in [-0.2, 0) is 5.75 Å². The Morgan fingerprint density at radius 2 is 1.83 bits per heavy atom. The summed E-state index contributed by atoms with van der Waals surface area (Å²) in [4.78, 5) is 0. The van der Waals surface area contributed by atoms with Gasteiger partial charge in [0.15, 0.2) is 0 Å². The van der Waals surface area contributed by atoms with Crippen LogP contribution < -0.4 is 4.74 Å². The Balaban J connectivity index is 2.65. The molecule has 1 aromatic carbocycles. The molecule has 1 aromatic rings. The van der Waals surface area contributed by atoms with E-state index in [9.17, 15) is 8.78 Å². The summed E-state index contributed by atoms with van der Waals surface area (Å²) in [5.74, 6) is 0.769. The first-order chi connectivity index (χ1) is 5.72. The second-order valence-electron chi connectivity index (χ2n) is 2.18. The highest BCUT2D eigenvalue weighted by atomic mass is 32.1. The zero-order valence-electron chi connectivity index (χ0n) is 6.21. The summed E-state index contributed by atoms with van der Waals surface area (Å²) in [6.07, 6.45) is 0. The van der Waals surface area contributed by atoms with Crippen molar-refractivity contribution in [1.29, 1.82) is 0 Å².